The van der Waals surface area contributed by atoms with Crippen LogP contribution in [0.1, 0.15) is 36.0 Å². The van der Waals surface area contributed by atoms with Crippen LogP contribution in [0.2, 0.25) is 5.02 Å². The first-order chi connectivity index (χ1) is 16.5. The van der Waals surface area contributed by atoms with Crippen LogP contribution in [0.15, 0.2) is 35.2 Å². The molecular formula is C23H20ClF3N2O5S. The number of anilines is 1. The summed E-state index contributed by atoms with van der Waals surface area (Å²) in [6, 6.07) is 4.91. The third-order valence-electron chi connectivity index (χ3n) is 7.07. The Morgan fingerprint density at radius 1 is 1.09 bits per heavy atom. The Morgan fingerprint density at radius 3 is 2.29 bits per heavy atom. The standard InChI is InChI=1S/C23H20ClF3N2O5S/c24-15-4-3-11(21(30)29-14-6-16(25)19(27)17(26)7-14)5-18(15)35(32,33)20-12-1-2-13(20)9-23(8-12)10-28-22(31)34-23/h3-7,12-13,20H,1-2,8-10H2,(H,28,31)(H,29,30)/t12-,13?,20?,23+/m0/s1. The smallest absolute Gasteiger partial charge is 0.407 e. The zero-order chi connectivity index (χ0) is 25.1. The molecule has 2 saturated carbocycles. The molecule has 186 valence electrons. The van der Waals surface area contributed by atoms with Crippen molar-refractivity contribution in [2.75, 3.05) is 11.9 Å². The van der Waals surface area contributed by atoms with Crippen LogP contribution in [0.4, 0.5) is 23.7 Å². The molecule has 1 spiro atoms. The van der Waals surface area contributed by atoms with E-state index in [-0.39, 0.29) is 33.0 Å². The molecule has 2 aliphatic carbocycles. The van der Waals surface area contributed by atoms with Crippen LogP contribution in [0.3, 0.4) is 0 Å². The van der Waals surface area contributed by atoms with Crippen molar-refractivity contribution in [3.05, 3.63) is 58.4 Å². The number of halogens is 4. The van der Waals surface area contributed by atoms with Crippen molar-refractivity contribution in [2.45, 2.75) is 41.4 Å². The van der Waals surface area contributed by atoms with Crippen LogP contribution >= 0.6 is 11.6 Å². The minimum atomic E-state index is -3.98. The summed E-state index contributed by atoms with van der Waals surface area (Å²) in [7, 11) is -3.98. The second kappa shape index (κ2) is 8.41. The third kappa shape index (κ3) is 4.14. The van der Waals surface area contributed by atoms with Gasteiger partial charge in [-0.25, -0.2) is 26.4 Å². The van der Waals surface area contributed by atoms with Gasteiger partial charge in [-0.2, -0.15) is 0 Å². The molecule has 4 atom stereocenters. The Morgan fingerprint density at radius 2 is 1.71 bits per heavy atom. The van der Waals surface area contributed by atoms with Gasteiger partial charge in [0.2, 0.25) is 0 Å². The molecule has 1 aliphatic heterocycles. The third-order valence-corrected chi connectivity index (χ3v) is 9.95. The molecule has 5 rings (SSSR count). The predicted octanol–water partition coefficient (Wildman–Crippen LogP) is 4.45. The van der Waals surface area contributed by atoms with E-state index in [4.69, 9.17) is 16.3 Å². The molecule has 7 nitrogen and oxygen atoms in total. The second-order valence-corrected chi connectivity index (χ2v) is 11.8. The number of nitrogens with one attached hydrogen (secondary N) is 2. The van der Waals surface area contributed by atoms with Gasteiger partial charge in [-0.1, -0.05) is 11.6 Å². The summed E-state index contributed by atoms with van der Waals surface area (Å²) in [4.78, 5) is 24.1. The van der Waals surface area contributed by atoms with Gasteiger partial charge >= 0.3 is 6.09 Å². The molecule has 1 saturated heterocycles. The van der Waals surface area contributed by atoms with Crippen molar-refractivity contribution in [3.63, 3.8) is 0 Å². The number of benzene rings is 2. The van der Waals surface area contributed by atoms with Crippen LogP contribution in [-0.4, -0.2) is 37.8 Å². The van der Waals surface area contributed by atoms with Gasteiger partial charge in [0.15, 0.2) is 27.3 Å². The zero-order valence-corrected chi connectivity index (χ0v) is 19.7. The Balaban J connectivity index is 1.41. The molecule has 0 aromatic heterocycles. The van der Waals surface area contributed by atoms with Crippen LogP contribution in [0.5, 0.6) is 0 Å². The lowest BCUT2D eigenvalue weighted by Crippen LogP contribution is -2.48. The van der Waals surface area contributed by atoms with Crippen molar-refractivity contribution in [3.8, 4) is 0 Å². The lowest BCUT2D eigenvalue weighted by molar-refractivity contribution is 0.00456. The summed E-state index contributed by atoms with van der Waals surface area (Å²) in [5, 5.41) is 4.07. The van der Waals surface area contributed by atoms with Crippen molar-refractivity contribution in [1.29, 1.82) is 0 Å². The number of sulfone groups is 1. The zero-order valence-electron chi connectivity index (χ0n) is 18.1. The summed E-state index contributed by atoms with van der Waals surface area (Å²) >= 11 is 6.25. The minimum absolute atomic E-state index is 0.0610. The van der Waals surface area contributed by atoms with E-state index in [1.807, 2.05) is 0 Å². The Hall–Kier alpha value is -2.79. The summed E-state index contributed by atoms with van der Waals surface area (Å²) in [5.74, 6) is -5.97. The highest BCUT2D eigenvalue weighted by Gasteiger charge is 2.57. The summed E-state index contributed by atoms with van der Waals surface area (Å²) < 4.78 is 73.1. The molecule has 2 N–H and O–H groups in total. The molecule has 3 aliphatic rings. The van der Waals surface area contributed by atoms with Gasteiger partial charge in [0, 0.05) is 23.4 Å². The first-order valence-electron chi connectivity index (χ1n) is 11.0. The highest BCUT2D eigenvalue weighted by atomic mass is 35.5. The van der Waals surface area contributed by atoms with Gasteiger partial charge in [0.25, 0.3) is 5.91 Å². The molecule has 12 heteroatoms. The van der Waals surface area contributed by atoms with Gasteiger partial charge in [-0.15, -0.1) is 0 Å². The Kier molecular flexibility index (Phi) is 5.75. The lowest BCUT2D eigenvalue weighted by Gasteiger charge is -2.40. The first-order valence-corrected chi connectivity index (χ1v) is 12.9. The lowest BCUT2D eigenvalue weighted by atomic mass is 9.77. The SMILES string of the molecule is O=C1NC[C@@]2(CC3CC[C@@H](C2)C3S(=O)(=O)c2cc(C(=O)Nc3cc(F)c(F)c(F)c3)ccc2Cl)O1. The van der Waals surface area contributed by atoms with E-state index in [1.54, 1.807) is 0 Å². The Bertz CT molecular complexity index is 1320. The van der Waals surface area contributed by atoms with Gasteiger partial charge in [-0.3, -0.25) is 4.79 Å². The number of fused-ring (bicyclic) bond motifs is 2. The number of ether oxygens (including phenoxy) is 1. The van der Waals surface area contributed by atoms with E-state index in [9.17, 15) is 31.2 Å². The van der Waals surface area contributed by atoms with Gasteiger partial charge in [0.05, 0.1) is 21.7 Å². The van der Waals surface area contributed by atoms with E-state index in [1.165, 1.54) is 12.1 Å². The maximum absolute atomic E-state index is 13.7. The van der Waals surface area contributed by atoms with E-state index < -0.39 is 50.1 Å². The molecule has 2 aromatic rings. The summed E-state index contributed by atoms with van der Waals surface area (Å²) in [6.07, 6.45) is 1.63. The molecule has 1 heterocycles. The van der Waals surface area contributed by atoms with E-state index in [0.29, 0.717) is 44.4 Å². The van der Waals surface area contributed by atoms with Crippen molar-refractivity contribution < 1.29 is 35.9 Å². The number of carbonyl (C=O) groups excluding carboxylic acids is 2. The topological polar surface area (TPSA) is 102 Å². The highest BCUT2D eigenvalue weighted by Crippen LogP contribution is 2.53. The largest absolute Gasteiger partial charge is 0.441 e. The van der Waals surface area contributed by atoms with E-state index in [0.717, 1.165) is 6.07 Å². The first kappa shape index (κ1) is 23.9. The summed E-state index contributed by atoms with van der Waals surface area (Å²) in [6.45, 7) is 0.340. The average molecular weight is 529 g/mol. The van der Waals surface area contributed by atoms with Gasteiger partial charge in [-0.05, 0) is 55.7 Å². The predicted molar refractivity (Wildman–Crippen MR) is 119 cm³/mol. The van der Waals surface area contributed by atoms with Crippen molar-refractivity contribution in [1.82, 2.24) is 5.32 Å². The number of rotatable bonds is 4. The van der Waals surface area contributed by atoms with Gasteiger partial charge in [0.1, 0.15) is 5.60 Å². The van der Waals surface area contributed by atoms with Crippen LogP contribution < -0.4 is 10.6 Å². The second-order valence-electron chi connectivity index (χ2n) is 9.29. The quantitative estimate of drug-likeness (QED) is 0.571. The number of hydrogen-bond donors (Lipinski definition) is 2. The number of amides is 2. The molecule has 2 bridgehead atoms. The molecule has 2 amide bonds. The number of hydrogen-bond acceptors (Lipinski definition) is 5. The van der Waals surface area contributed by atoms with Crippen molar-refractivity contribution >= 4 is 39.1 Å². The van der Waals surface area contributed by atoms with E-state index >= 15 is 0 Å². The normalized spacial score (nSPS) is 27.5. The fourth-order valence-electron chi connectivity index (χ4n) is 5.69. The van der Waals surface area contributed by atoms with E-state index in [2.05, 4.69) is 10.6 Å². The number of alkyl carbamates (subject to hydrolysis) is 1. The minimum Gasteiger partial charge on any atom is -0.441 e. The average Bonchev–Trinajstić information content (AvgIpc) is 3.29. The highest BCUT2D eigenvalue weighted by molar-refractivity contribution is 7.92. The number of carbonyl (C=O) groups is 2. The maximum Gasteiger partial charge on any atom is 0.407 e. The fourth-order valence-corrected chi connectivity index (χ4v) is 8.54. The molecule has 2 unspecified atom stereocenters. The van der Waals surface area contributed by atoms with Crippen LogP contribution in [-0.2, 0) is 14.6 Å². The van der Waals surface area contributed by atoms with Crippen LogP contribution in [0, 0.1) is 29.3 Å². The Labute approximate surface area is 203 Å². The fraction of sp³-hybridized carbons (Fsp3) is 0.391. The summed E-state index contributed by atoms with van der Waals surface area (Å²) in [5.41, 5.74) is -1.15. The van der Waals surface area contributed by atoms with Crippen LogP contribution in [0.25, 0.3) is 0 Å². The van der Waals surface area contributed by atoms with Gasteiger partial charge < -0.3 is 15.4 Å². The van der Waals surface area contributed by atoms with Crippen molar-refractivity contribution in [2.24, 2.45) is 11.8 Å². The molecule has 35 heavy (non-hydrogen) atoms. The molecule has 2 aromatic carbocycles. The molecule has 3 fully saturated rings. The maximum atomic E-state index is 13.7. The monoisotopic (exact) mass is 528 g/mol. The molecule has 0 radical (unpaired) electrons. The molecular weight excluding hydrogens is 509 g/mol.